The number of hydrogen-bond acceptors (Lipinski definition) is 4. The van der Waals surface area contributed by atoms with Crippen LogP contribution in [0.2, 0.25) is 0 Å². The number of hydrogen-bond donors (Lipinski definition) is 1. The second-order valence-electron chi connectivity index (χ2n) is 7.13. The van der Waals surface area contributed by atoms with Gasteiger partial charge < -0.3 is 14.4 Å². The first-order valence-electron chi connectivity index (χ1n) is 10.1. The van der Waals surface area contributed by atoms with E-state index >= 15 is 0 Å². The van der Waals surface area contributed by atoms with Gasteiger partial charge in [0.15, 0.2) is 0 Å². The third-order valence-electron chi connectivity index (χ3n) is 5.00. The van der Waals surface area contributed by atoms with Crippen LogP contribution >= 0.6 is 7.52 Å². The van der Waals surface area contributed by atoms with E-state index in [4.69, 9.17) is 9.26 Å². The van der Waals surface area contributed by atoms with Gasteiger partial charge in [-0.15, -0.1) is 0 Å². The van der Waals surface area contributed by atoms with E-state index < -0.39 is 19.5 Å². The molecule has 0 aliphatic carbocycles. The molecule has 0 bridgehead atoms. The highest BCUT2D eigenvalue weighted by atomic mass is 31.2. The molecule has 2 unspecified atom stereocenters. The molecule has 0 amide bonds. The molecule has 0 aromatic heterocycles. The van der Waals surface area contributed by atoms with Gasteiger partial charge in [-0.05, 0) is 55.7 Å². The number of benzene rings is 2. The van der Waals surface area contributed by atoms with E-state index in [0.717, 1.165) is 25.7 Å². The molecule has 156 valence electrons. The van der Waals surface area contributed by atoms with Gasteiger partial charge in [0.2, 0.25) is 0 Å². The number of rotatable bonds is 8. The lowest BCUT2D eigenvalue weighted by Gasteiger charge is -2.33. The summed E-state index contributed by atoms with van der Waals surface area (Å²) in [5, 5.41) is 10.3. The van der Waals surface area contributed by atoms with Crippen molar-refractivity contribution in [1.29, 1.82) is 0 Å². The molecule has 3 rings (SSSR count). The smallest absolute Gasteiger partial charge is 0.321 e. The summed E-state index contributed by atoms with van der Waals surface area (Å²) in [5.74, 6) is 0.381. The minimum atomic E-state index is -3.47. The highest BCUT2D eigenvalue weighted by Crippen LogP contribution is 2.53. The van der Waals surface area contributed by atoms with Crippen molar-refractivity contribution >= 4 is 18.8 Å². The summed E-state index contributed by atoms with van der Waals surface area (Å²) in [5.41, 5.74) is 0. The summed E-state index contributed by atoms with van der Waals surface area (Å²) in [6.45, 7) is 2.82. The van der Waals surface area contributed by atoms with Crippen LogP contribution in [0.15, 0.2) is 54.6 Å². The normalized spacial score (nSPS) is 21.3. The number of carboxylic acids is 1. The molecule has 2 aromatic carbocycles. The van der Waals surface area contributed by atoms with Crippen LogP contribution in [0.1, 0.15) is 39.0 Å². The van der Waals surface area contributed by atoms with Crippen molar-refractivity contribution in [2.45, 2.75) is 45.1 Å². The zero-order valence-electron chi connectivity index (χ0n) is 16.7. The van der Waals surface area contributed by atoms with E-state index in [0.29, 0.717) is 36.4 Å². The van der Waals surface area contributed by atoms with Crippen LogP contribution in [0.25, 0.3) is 0 Å². The minimum absolute atomic E-state index is 0.357. The van der Waals surface area contributed by atoms with Gasteiger partial charge in [-0.1, -0.05) is 38.0 Å². The Labute approximate surface area is 172 Å². The molecular weight excluding hydrogens is 389 g/mol. The maximum Gasteiger partial charge on any atom is 0.321 e. The number of nitrogens with zero attached hydrogens (tertiary/aromatic N) is 1. The van der Waals surface area contributed by atoms with Crippen LogP contribution in [-0.4, -0.2) is 34.9 Å². The molecule has 2 atom stereocenters. The predicted octanol–water partition coefficient (Wildman–Crippen LogP) is 5.05. The first-order chi connectivity index (χ1) is 14.0. The van der Waals surface area contributed by atoms with Crippen molar-refractivity contribution in [2.75, 3.05) is 13.2 Å². The van der Waals surface area contributed by atoms with Gasteiger partial charge in [0.05, 0.1) is 11.9 Å². The second kappa shape index (κ2) is 10.1. The zero-order chi connectivity index (χ0) is 20.7. The van der Waals surface area contributed by atoms with Crippen LogP contribution in [0.3, 0.4) is 0 Å². The number of carbonyl (C=O) groups is 1. The third kappa shape index (κ3) is 5.27. The Balaban J connectivity index is 1.87. The molecule has 1 heterocycles. The van der Waals surface area contributed by atoms with Crippen molar-refractivity contribution in [1.82, 2.24) is 4.67 Å². The molecule has 1 N–H and O–H groups in total. The summed E-state index contributed by atoms with van der Waals surface area (Å²) in [6.07, 6.45) is 3.62. The average Bonchev–Trinajstić information content (AvgIpc) is 2.92. The Kier molecular flexibility index (Phi) is 7.48. The quantitative estimate of drug-likeness (QED) is 0.606. The van der Waals surface area contributed by atoms with Gasteiger partial charge in [-0.2, -0.15) is 0 Å². The number of aliphatic carboxylic acids is 1. The molecule has 1 aliphatic heterocycles. The van der Waals surface area contributed by atoms with Gasteiger partial charge in [-0.3, -0.25) is 9.36 Å². The van der Waals surface area contributed by atoms with Gasteiger partial charge in [0.1, 0.15) is 17.5 Å². The SMILES string of the molecule is CCCCC(C(=O)O)N1CCCCOP1(=O)c1ccc(Oc2ccccc2)cc1. The van der Waals surface area contributed by atoms with Crippen molar-refractivity contribution in [3.63, 3.8) is 0 Å². The van der Waals surface area contributed by atoms with E-state index in [1.54, 1.807) is 28.9 Å². The lowest BCUT2D eigenvalue weighted by Crippen LogP contribution is -2.41. The summed E-state index contributed by atoms with van der Waals surface area (Å²) >= 11 is 0. The third-order valence-corrected chi connectivity index (χ3v) is 7.64. The largest absolute Gasteiger partial charge is 0.480 e. The van der Waals surface area contributed by atoms with Gasteiger partial charge in [0.25, 0.3) is 0 Å². The summed E-state index contributed by atoms with van der Waals surface area (Å²) < 4.78 is 27.2. The van der Waals surface area contributed by atoms with Crippen LogP contribution in [0.4, 0.5) is 0 Å². The number of para-hydroxylation sites is 1. The van der Waals surface area contributed by atoms with Crippen molar-refractivity contribution in [3.05, 3.63) is 54.6 Å². The first kappa shape index (κ1) is 21.6. The monoisotopic (exact) mass is 417 g/mol. The Morgan fingerprint density at radius 1 is 1.14 bits per heavy atom. The number of carboxylic acid groups (broad SMARTS) is 1. The molecular formula is C22H28NO5P. The molecule has 0 radical (unpaired) electrons. The van der Waals surface area contributed by atoms with Crippen molar-refractivity contribution in [3.8, 4) is 11.5 Å². The summed E-state index contributed by atoms with van der Waals surface area (Å²) in [6, 6.07) is 15.5. The summed E-state index contributed by atoms with van der Waals surface area (Å²) in [4.78, 5) is 12.0. The van der Waals surface area contributed by atoms with Crippen LogP contribution < -0.4 is 10.0 Å². The molecule has 29 heavy (non-hydrogen) atoms. The predicted molar refractivity (Wildman–Crippen MR) is 113 cm³/mol. The van der Waals surface area contributed by atoms with E-state index in [1.165, 1.54) is 0 Å². The standard InChI is InChI=1S/C22H28NO5P/c1-2-3-11-21(22(24)25)23-16-7-8-17-27-29(23,26)20-14-12-19(13-15-20)28-18-9-5-4-6-10-18/h4-6,9-10,12-15,21H,2-3,7-8,11,16-17H2,1H3,(H,24,25). The van der Waals surface area contributed by atoms with Gasteiger partial charge in [-0.25, -0.2) is 4.67 Å². The van der Waals surface area contributed by atoms with Crippen molar-refractivity contribution in [2.24, 2.45) is 0 Å². The van der Waals surface area contributed by atoms with Crippen molar-refractivity contribution < 1.29 is 23.7 Å². The fraction of sp³-hybridized carbons (Fsp3) is 0.409. The van der Waals surface area contributed by atoms with E-state index in [1.807, 2.05) is 37.3 Å². The lowest BCUT2D eigenvalue weighted by atomic mass is 10.1. The maximum atomic E-state index is 14.0. The Bertz CT molecular complexity index is 840. The van der Waals surface area contributed by atoms with E-state index in [-0.39, 0.29) is 0 Å². The Hall–Kier alpha value is -2.14. The Morgan fingerprint density at radius 2 is 1.83 bits per heavy atom. The van der Waals surface area contributed by atoms with Crippen LogP contribution in [0, 0.1) is 0 Å². The summed E-state index contributed by atoms with van der Waals surface area (Å²) in [7, 11) is -3.47. The first-order valence-corrected chi connectivity index (χ1v) is 11.7. The maximum absolute atomic E-state index is 14.0. The number of unbranched alkanes of at least 4 members (excludes halogenated alkanes) is 1. The minimum Gasteiger partial charge on any atom is -0.480 e. The molecule has 2 aromatic rings. The Morgan fingerprint density at radius 3 is 2.48 bits per heavy atom. The fourth-order valence-electron chi connectivity index (χ4n) is 3.46. The molecule has 1 fully saturated rings. The molecule has 0 saturated carbocycles. The molecule has 0 spiro atoms. The topological polar surface area (TPSA) is 76.1 Å². The van der Waals surface area contributed by atoms with Gasteiger partial charge >= 0.3 is 13.5 Å². The van der Waals surface area contributed by atoms with Crippen LogP contribution in [-0.2, 0) is 13.9 Å². The number of ether oxygens (including phenoxy) is 1. The molecule has 6 nitrogen and oxygen atoms in total. The highest BCUT2D eigenvalue weighted by molar-refractivity contribution is 7.64. The molecule has 1 saturated heterocycles. The second-order valence-corrected chi connectivity index (χ2v) is 9.46. The average molecular weight is 417 g/mol. The van der Waals surface area contributed by atoms with Crippen LogP contribution in [0.5, 0.6) is 11.5 Å². The molecule has 1 aliphatic rings. The lowest BCUT2D eigenvalue weighted by molar-refractivity contribution is -0.141. The van der Waals surface area contributed by atoms with Gasteiger partial charge in [0, 0.05) is 6.54 Å². The van der Waals surface area contributed by atoms with E-state index in [2.05, 4.69) is 0 Å². The molecule has 7 heteroatoms. The highest BCUT2D eigenvalue weighted by Gasteiger charge is 2.42. The zero-order valence-corrected chi connectivity index (χ0v) is 17.6. The fourth-order valence-corrected chi connectivity index (χ4v) is 5.94. The van der Waals surface area contributed by atoms with E-state index in [9.17, 15) is 14.5 Å².